The van der Waals surface area contributed by atoms with Gasteiger partial charge in [-0.05, 0) is 50.2 Å². The second-order valence-electron chi connectivity index (χ2n) is 6.29. The molecule has 1 aromatic rings. The topological polar surface area (TPSA) is 115 Å². The Hall–Kier alpha value is -2.74. The van der Waals surface area contributed by atoms with Gasteiger partial charge in [0.2, 0.25) is 5.91 Å². The molecular formula is C17H18N2O6. The van der Waals surface area contributed by atoms with Gasteiger partial charge < -0.3 is 10.2 Å². The van der Waals surface area contributed by atoms with E-state index in [2.05, 4.69) is 0 Å². The van der Waals surface area contributed by atoms with Crippen LogP contribution >= 0.6 is 0 Å². The summed E-state index contributed by atoms with van der Waals surface area (Å²) in [4.78, 5) is 49.8. The summed E-state index contributed by atoms with van der Waals surface area (Å²) in [5.41, 5.74) is 0.429. The number of hydrogen-bond donors (Lipinski definition) is 2. The van der Waals surface area contributed by atoms with Gasteiger partial charge in [0, 0.05) is 0 Å². The molecule has 2 aliphatic rings. The Morgan fingerprint density at radius 3 is 2.12 bits per heavy atom. The molecule has 3 rings (SSSR count). The summed E-state index contributed by atoms with van der Waals surface area (Å²) in [6, 6.07) is 5.01. The van der Waals surface area contributed by atoms with Gasteiger partial charge in [-0.25, -0.2) is 9.69 Å². The number of carbonyl (C=O) groups excluding carboxylic acids is 2. The van der Waals surface area contributed by atoms with Crippen LogP contribution in [-0.2, 0) is 14.4 Å². The zero-order valence-corrected chi connectivity index (χ0v) is 13.4. The minimum atomic E-state index is -1.08. The number of carboxylic acids is 2. The van der Waals surface area contributed by atoms with Crippen LogP contribution in [0.1, 0.15) is 29.6 Å². The summed E-state index contributed by atoms with van der Waals surface area (Å²) in [7, 11) is 0. The summed E-state index contributed by atoms with van der Waals surface area (Å²) < 4.78 is 0. The lowest BCUT2D eigenvalue weighted by Crippen LogP contribution is -2.46. The Kier molecular flexibility index (Phi) is 4.54. The van der Waals surface area contributed by atoms with Crippen LogP contribution in [0.25, 0.3) is 0 Å². The highest BCUT2D eigenvalue weighted by Crippen LogP contribution is 2.28. The SMILES string of the molecule is O=C(O)c1ccc(N2C(=O)C[C@@H](N3CCC(C(=O)O)CC3)C2=O)cc1. The molecule has 0 spiro atoms. The van der Waals surface area contributed by atoms with E-state index in [-0.39, 0.29) is 23.8 Å². The molecule has 2 aliphatic heterocycles. The number of carbonyl (C=O) groups is 4. The first-order valence-corrected chi connectivity index (χ1v) is 8.05. The molecular weight excluding hydrogens is 328 g/mol. The van der Waals surface area contributed by atoms with Crippen molar-refractivity contribution in [2.75, 3.05) is 18.0 Å². The number of aliphatic carboxylic acids is 1. The number of likely N-dealkylation sites (tertiary alicyclic amines) is 1. The number of piperidine rings is 1. The maximum atomic E-state index is 12.7. The van der Waals surface area contributed by atoms with Gasteiger partial charge in [-0.15, -0.1) is 0 Å². The molecule has 0 saturated carbocycles. The van der Waals surface area contributed by atoms with Crippen LogP contribution < -0.4 is 4.90 Å². The van der Waals surface area contributed by atoms with Crippen molar-refractivity contribution in [3.8, 4) is 0 Å². The van der Waals surface area contributed by atoms with E-state index in [0.717, 1.165) is 4.90 Å². The molecule has 0 aliphatic carbocycles. The lowest BCUT2D eigenvalue weighted by Gasteiger charge is -2.33. The zero-order valence-electron chi connectivity index (χ0n) is 13.4. The predicted octanol–water partition coefficient (Wildman–Crippen LogP) is 0.813. The van der Waals surface area contributed by atoms with Gasteiger partial charge in [-0.3, -0.25) is 19.3 Å². The Labute approximate surface area is 143 Å². The van der Waals surface area contributed by atoms with Crippen LogP contribution in [0.2, 0.25) is 0 Å². The lowest BCUT2D eigenvalue weighted by molar-refractivity contribution is -0.143. The molecule has 2 N–H and O–H groups in total. The summed E-state index contributed by atoms with van der Waals surface area (Å²) in [6.07, 6.45) is 0.971. The first-order chi connectivity index (χ1) is 11.9. The van der Waals surface area contributed by atoms with E-state index in [1.54, 1.807) is 0 Å². The fraction of sp³-hybridized carbons (Fsp3) is 0.412. The number of hydrogen-bond acceptors (Lipinski definition) is 5. The van der Waals surface area contributed by atoms with Crippen LogP contribution in [-0.4, -0.2) is 58.0 Å². The third-order valence-electron chi connectivity index (χ3n) is 4.81. The monoisotopic (exact) mass is 346 g/mol. The standard InChI is InChI=1S/C17H18N2O6/c20-14-9-13(18-7-5-11(6-8-18)17(24)25)15(21)19(14)12-3-1-10(2-4-12)16(22)23/h1-4,11,13H,5-9H2,(H,22,23)(H,24,25)/t13-/m1/s1. The maximum Gasteiger partial charge on any atom is 0.335 e. The van der Waals surface area contributed by atoms with E-state index in [1.165, 1.54) is 24.3 Å². The fourth-order valence-corrected chi connectivity index (χ4v) is 3.38. The Bertz CT molecular complexity index is 721. The third-order valence-corrected chi connectivity index (χ3v) is 4.81. The molecule has 0 aromatic heterocycles. The third kappa shape index (κ3) is 3.25. The van der Waals surface area contributed by atoms with Crippen molar-refractivity contribution in [1.29, 1.82) is 0 Å². The number of imide groups is 1. The minimum Gasteiger partial charge on any atom is -0.481 e. The van der Waals surface area contributed by atoms with Gasteiger partial charge in [0.15, 0.2) is 0 Å². The summed E-state index contributed by atoms with van der Waals surface area (Å²) in [6.45, 7) is 0.929. The van der Waals surface area contributed by atoms with Crippen LogP contribution in [0.4, 0.5) is 5.69 Å². The largest absolute Gasteiger partial charge is 0.481 e. The Morgan fingerprint density at radius 2 is 1.60 bits per heavy atom. The van der Waals surface area contributed by atoms with Gasteiger partial charge in [0.25, 0.3) is 5.91 Å². The first-order valence-electron chi connectivity index (χ1n) is 8.05. The molecule has 2 saturated heterocycles. The maximum absolute atomic E-state index is 12.7. The molecule has 2 fully saturated rings. The second kappa shape index (κ2) is 6.64. The van der Waals surface area contributed by atoms with Gasteiger partial charge in [0.05, 0.1) is 29.6 Å². The van der Waals surface area contributed by atoms with E-state index >= 15 is 0 Å². The molecule has 1 aromatic carbocycles. The molecule has 0 unspecified atom stereocenters. The van der Waals surface area contributed by atoms with Crippen molar-refractivity contribution >= 4 is 29.4 Å². The second-order valence-corrected chi connectivity index (χ2v) is 6.29. The quantitative estimate of drug-likeness (QED) is 0.775. The fourth-order valence-electron chi connectivity index (χ4n) is 3.38. The van der Waals surface area contributed by atoms with Crippen molar-refractivity contribution < 1.29 is 29.4 Å². The van der Waals surface area contributed by atoms with Crippen molar-refractivity contribution in [2.24, 2.45) is 5.92 Å². The number of aromatic carboxylic acids is 1. The highest BCUT2D eigenvalue weighted by atomic mass is 16.4. The smallest absolute Gasteiger partial charge is 0.335 e. The molecule has 25 heavy (non-hydrogen) atoms. The molecule has 2 heterocycles. The zero-order chi connectivity index (χ0) is 18.1. The van der Waals surface area contributed by atoms with Crippen LogP contribution in [0.15, 0.2) is 24.3 Å². The highest BCUT2D eigenvalue weighted by molar-refractivity contribution is 6.22. The van der Waals surface area contributed by atoms with Crippen molar-refractivity contribution in [2.45, 2.75) is 25.3 Å². The molecule has 8 nitrogen and oxygen atoms in total. The van der Waals surface area contributed by atoms with Crippen LogP contribution in [0, 0.1) is 5.92 Å². The van der Waals surface area contributed by atoms with Gasteiger partial charge in [-0.2, -0.15) is 0 Å². The molecule has 1 atom stereocenters. The minimum absolute atomic E-state index is 0.0528. The molecule has 8 heteroatoms. The van der Waals surface area contributed by atoms with E-state index in [4.69, 9.17) is 10.2 Å². The lowest BCUT2D eigenvalue weighted by atomic mass is 9.96. The Balaban J connectivity index is 1.72. The van der Waals surface area contributed by atoms with Crippen molar-refractivity contribution in [3.63, 3.8) is 0 Å². The van der Waals surface area contributed by atoms with E-state index in [1.807, 2.05) is 4.90 Å². The number of amides is 2. The molecule has 0 bridgehead atoms. The normalized spacial score (nSPS) is 22.4. The number of anilines is 1. The highest BCUT2D eigenvalue weighted by Gasteiger charge is 2.43. The van der Waals surface area contributed by atoms with Crippen LogP contribution in [0.5, 0.6) is 0 Å². The van der Waals surface area contributed by atoms with E-state index < -0.39 is 23.9 Å². The molecule has 0 radical (unpaired) electrons. The van der Waals surface area contributed by atoms with Gasteiger partial charge in [0.1, 0.15) is 0 Å². The van der Waals surface area contributed by atoms with Crippen molar-refractivity contribution in [1.82, 2.24) is 4.90 Å². The number of rotatable bonds is 4. The number of carboxylic acid groups (broad SMARTS) is 2. The first kappa shape index (κ1) is 17.1. The number of nitrogens with zero attached hydrogens (tertiary/aromatic N) is 2. The van der Waals surface area contributed by atoms with E-state index in [9.17, 15) is 19.2 Å². The van der Waals surface area contributed by atoms with Gasteiger partial charge in [-0.1, -0.05) is 0 Å². The summed E-state index contributed by atoms with van der Waals surface area (Å²) >= 11 is 0. The predicted molar refractivity (Wildman–Crippen MR) is 86.2 cm³/mol. The van der Waals surface area contributed by atoms with Crippen molar-refractivity contribution in [3.05, 3.63) is 29.8 Å². The Morgan fingerprint density at radius 1 is 1.00 bits per heavy atom. The van der Waals surface area contributed by atoms with E-state index in [0.29, 0.717) is 31.6 Å². The number of benzene rings is 1. The average Bonchev–Trinajstić information content (AvgIpc) is 2.89. The molecule has 2 amide bonds. The van der Waals surface area contributed by atoms with Gasteiger partial charge >= 0.3 is 11.9 Å². The summed E-state index contributed by atoms with van der Waals surface area (Å²) in [5, 5.41) is 18.0. The molecule has 132 valence electrons. The summed E-state index contributed by atoms with van der Waals surface area (Å²) in [5.74, 6) is -2.98. The van der Waals surface area contributed by atoms with Crippen LogP contribution in [0.3, 0.4) is 0 Å². The average molecular weight is 346 g/mol.